The molecule has 4 aromatic heterocycles. The monoisotopic (exact) mass is 401 g/mol. The minimum atomic E-state index is 0.387. The van der Waals surface area contributed by atoms with E-state index < -0.39 is 0 Å². The summed E-state index contributed by atoms with van der Waals surface area (Å²) in [6.07, 6.45) is 11.6. The quantitative estimate of drug-likeness (QED) is 0.563. The van der Waals surface area contributed by atoms with Crippen LogP contribution < -0.4 is 5.32 Å². The van der Waals surface area contributed by atoms with Crippen LogP contribution in [0.2, 0.25) is 0 Å². The Morgan fingerprint density at radius 2 is 2.14 bits per heavy atom. The van der Waals surface area contributed by atoms with Gasteiger partial charge in [-0.3, -0.25) is 4.68 Å². The average molecular weight is 401 g/mol. The van der Waals surface area contributed by atoms with Crippen LogP contribution in [0, 0.1) is 11.3 Å². The van der Waals surface area contributed by atoms with Crippen molar-refractivity contribution in [1.82, 2.24) is 29.7 Å². The lowest BCUT2D eigenvalue weighted by atomic mass is 10.1. The van der Waals surface area contributed by atoms with Crippen molar-refractivity contribution in [1.29, 1.82) is 5.26 Å². The van der Waals surface area contributed by atoms with Gasteiger partial charge in [0.1, 0.15) is 11.1 Å². The van der Waals surface area contributed by atoms with E-state index in [1.54, 1.807) is 16.9 Å². The Kier molecular flexibility index (Phi) is 4.76. The summed E-state index contributed by atoms with van der Waals surface area (Å²) in [5.41, 5.74) is 3.41. The van der Waals surface area contributed by atoms with Crippen molar-refractivity contribution in [3.63, 3.8) is 0 Å². The summed E-state index contributed by atoms with van der Waals surface area (Å²) in [6, 6.07) is 10.5. The largest absolute Gasteiger partial charge is 0.315 e. The lowest BCUT2D eigenvalue weighted by molar-refractivity contribution is 0.347. The first-order chi connectivity index (χ1) is 14.3. The Bertz CT molecular complexity index is 1180. The number of fused-ring (bicyclic) bond motifs is 1. The minimum Gasteiger partial charge on any atom is -0.315 e. The molecule has 0 unspecified atom stereocenters. The predicted octanol–water partition coefficient (Wildman–Crippen LogP) is 3.54. The third-order valence-corrected chi connectivity index (χ3v) is 6.11. The van der Waals surface area contributed by atoms with Crippen LogP contribution in [0.1, 0.15) is 24.4 Å². The third kappa shape index (κ3) is 3.50. The van der Waals surface area contributed by atoms with Crippen molar-refractivity contribution in [2.75, 3.05) is 13.1 Å². The van der Waals surface area contributed by atoms with Gasteiger partial charge in [0.05, 0.1) is 29.5 Å². The van der Waals surface area contributed by atoms with Crippen molar-refractivity contribution in [2.24, 2.45) is 0 Å². The second-order valence-corrected chi connectivity index (χ2v) is 8.10. The molecule has 144 valence electrons. The zero-order valence-corrected chi connectivity index (χ0v) is 16.5. The number of nitrogens with one attached hydrogen (secondary N) is 1. The van der Waals surface area contributed by atoms with E-state index in [0.29, 0.717) is 11.6 Å². The number of hydrogen-bond acceptors (Lipinski definition) is 6. The molecule has 7 nitrogen and oxygen atoms in total. The molecule has 1 atom stereocenters. The lowest BCUT2D eigenvalue weighted by Crippen LogP contribution is -2.31. The van der Waals surface area contributed by atoms with E-state index in [2.05, 4.69) is 43.5 Å². The fourth-order valence-electron chi connectivity index (χ4n) is 3.67. The molecule has 5 rings (SSSR count). The molecular weight excluding hydrogens is 382 g/mol. The highest BCUT2D eigenvalue weighted by Gasteiger charge is 2.18. The molecule has 5 heterocycles. The third-order valence-electron chi connectivity index (χ3n) is 5.13. The topological polar surface area (TPSA) is 83.8 Å². The molecule has 29 heavy (non-hydrogen) atoms. The van der Waals surface area contributed by atoms with Crippen molar-refractivity contribution in [3.8, 4) is 17.2 Å². The molecule has 4 aromatic rings. The van der Waals surface area contributed by atoms with Crippen molar-refractivity contribution in [2.45, 2.75) is 28.8 Å². The lowest BCUT2D eigenvalue weighted by Gasteiger charge is -2.22. The van der Waals surface area contributed by atoms with Crippen molar-refractivity contribution in [3.05, 3.63) is 60.8 Å². The first-order valence-corrected chi connectivity index (χ1v) is 10.4. The first-order valence-electron chi connectivity index (χ1n) is 9.57. The number of piperidine rings is 1. The summed E-state index contributed by atoms with van der Waals surface area (Å²) in [6.45, 7) is 2.03. The Labute approximate surface area is 172 Å². The Morgan fingerprint density at radius 1 is 1.17 bits per heavy atom. The van der Waals surface area contributed by atoms with E-state index >= 15 is 0 Å². The molecule has 0 aliphatic carbocycles. The maximum atomic E-state index is 9.50. The van der Waals surface area contributed by atoms with Gasteiger partial charge >= 0.3 is 0 Å². The fourth-order valence-corrected chi connectivity index (χ4v) is 4.64. The molecule has 1 aliphatic rings. The first kappa shape index (κ1) is 17.9. The summed E-state index contributed by atoms with van der Waals surface area (Å²) < 4.78 is 3.83. The van der Waals surface area contributed by atoms with Gasteiger partial charge in [-0.15, -0.1) is 0 Å². The Balaban J connectivity index is 1.56. The average Bonchev–Trinajstić information content (AvgIpc) is 3.42. The molecule has 1 N–H and O–H groups in total. The molecule has 1 aliphatic heterocycles. The molecule has 0 spiro atoms. The van der Waals surface area contributed by atoms with Crippen LogP contribution in [-0.2, 0) is 0 Å². The highest BCUT2D eigenvalue weighted by Crippen LogP contribution is 2.35. The van der Waals surface area contributed by atoms with Crippen LogP contribution >= 0.6 is 11.8 Å². The minimum absolute atomic E-state index is 0.387. The molecule has 1 saturated heterocycles. The number of rotatable bonds is 4. The predicted molar refractivity (Wildman–Crippen MR) is 111 cm³/mol. The molecule has 8 heteroatoms. The van der Waals surface area contributed by atoms with Gasteiger partial charge in [0, 0.05) is 41.2 Å². The summed E-state index contributed by atoms with van der Waals surface area (Å²) in [5, 5.41) is 22.8. The van der Waals surface area contributed by atoms with E-state index in [1.807, 2.05) is 30.6 Å². The fraction of sp³-hybridized carbons (Fsp3) is 0.238. The van der Waals surface area contributed by atoms with Crippen LogP contribution in [0.4, 0.5) is 0 Å². The van der Waals surface area contributed by atoms with Gasteiger partial charge in [-0.05, 0) is 37.6 Å². The molecule has 0 radical (unpaired) electrons. The van der Waals surface area contributed by atoms with Crippen molar-refractivity contribution >= 4 is 17.3 Å². The molecular formula is C21H19N7S. The van der Waals surface area contributed by atoms with E-state index in [4.69, 9.17) is 0 Å². The zero-order valence-electron chi connectivity index (χ0n) is 15.7. The summed E-state index contributed by atoms with van der Waals surface area (Å²) in [5.74, 6) is 0. The van der Waals surface area contributed by atoms with Gasteiger partial charge in [0.25, 0.3) is 0 Å². The maximum absolute atomic E-state index is 9.50. The van der Waals surface area contributed by atoms with E-state index in [1.165, 1.54) is 18.2 Å². The van der Waals surface area contributed by atoms with E-state index in [-0.39, 0.29) is 0 Å². The normalized spacial score (nSPS) is 16.7. The van der Waals surface area contributed by atoms with Crippen molar-refractivity contribution < 1.29 is 0 Å². The number of pyridine rings is 2. The maximum Gasteiger partial charge on any atom is 0.103 e. The Morgan fingerprint density at radius 3 is 2.93 bits per heavy atom. The van der Waals surface area contributed by atoms with Gasteiger partial charge in [0.2, 0.25) is 0 Å². The molecule has 1 fully saturated rings. The van der Waals surface area contributed by atoms with Gasteiger partial charge < -0.3 is 5.32 Å². The molecule has 0 bridgehead atoms. The number of nitriles is 1. The van der Waals surface area contributed by atoms with Gasteiger partial charge in [-0.1, -0.05) is 17.8 Å². The molecule has 0 saturated carbocycles. The summed E-state index contributed by atoms with van der Waals surface area (Å²) in [4.78, 5) is 5.36. The molecule has 0 aromatic carbocycles. The second kappa shape index (κ2) is 7.70. The van der Waals surface area contributed by atoms with Crippen LogP contribution in [0.25, 0.3) is 16.6 Å². The molecule has 0 amide bonds. The summed E-state index contributed by atoms with van der Waals surface area (Å²) in [7, 11) is 0. The van der Waals surface area contributed by atoms with Crippen LogP contribution in [0.5, 0.6) is 0 Å². The van der Waals surface area contributed by atoms with Gasteiger partial charge in [-0.2, -0.15) is 15.5 Å². The van der Waals surface area contributed by atoms with Gasteiger partial charge in [-0.25, -0.2) is 9.50 Å². The summed E-state index contributed by atoms with van der Waals surface area (Å²) >= 11 is 1.53. The highest BCUT2D eigenvalue weighted by molar-refractivity contribution is 7.99. The standard InChI is InChI=1S/C21H19N7S/c22-9-16-10-26-28-13-15(8-19(21(16)28)29-20-5-1-2-7-24-20)17-11-25-27(14-17)18-4-3-6-23-12-18/h1-2,5,7-8,10-11,13-14,18,23H,3-4,6,12H2/t18-/m0/s1. The number of hydrogen-bond donors (Lipinski definition) is 1. The van der Waals surface area contributed by atoms with Crippen LogP contribution in [0.3, 0.4) is 0 Å². The van der Waals surface area contributed by atoms with Gasteiger partial charge in [0.15, 0.2) is 0 Å². The SMILES string of the molecule is N#Cc1cnn2cc(-c3cnn([C@H]4CCCNC4)c3)cc(Sc3ccccn3)c12. The Hall–Kier alpha value is -3.15. The van der Waals surface area contributed by atoms with E-state index in [0.717, 1.165) is 46.1 Å². The van der Waals surface area contributed by atoms with Crippen LogP contribution in [0.15, 0.2) is 65.2 Å². The second-order valence-electron chi connectivity index (χ2n) is 7.04. The number of aromatic nitrogens is 5. The smallest absolute Gasteiger partial charge is 0.103 e. The van der Waals surface area contributed by atoms with E-state index in [9.17, 15) is 5.26 Å². The highest BCUT2D eigenvalue weighted by atomic mass is 32.2. The van der Waals surface area contributed by atoms with Crippen LogP contribution in [-0.4, -0.2) is 37.5 Å². The number of nitrogens with zero attached hydrogens (tertiary/aromatic N) is 6. The zero-order chi connectivity index (χ0) is 19.6.